The lowest BCUT2D eigenvalue weighted by atomic mass is 10.2. The van der Waals surface area contributed by atoms with Gasteiger partial charge in [-0.3, -0.25) is 0 Å². The molecule has 10 heteroatoms. The van der Waals surface area contributed by atoms with Crippen molar-refractivity contribution in [2.75, 3.05) is 32.8 Å². The number of hydrogen-bond donors (Lipinski definition) is 1. The van der Waals surface area contributed by atoms with Crippen LogP contribution in [0.2, 0.25) is 5.02 Å². The summed E-state index contributed by atoms with van der Waals surface area (Å²) >= 11 is 5.83. The first-order chi connectivity index (χ1) is 13.3. The van der Waals surface area contributed by atoms with E-state index in [-0.39, 0.29) is 29.4 Å². The van der Waals surface area contributed by atoms with Crippen molar-refractivity contribution < 1.29 is 21.6 Å². The molecule has 7 nitrogen and oxygen atoms in total. The number of benzene rings is 2. The van der Waals surface area contributed by atoms with Gasteiger partial charge >= 0.3 is 0 Å². The molecule has 1 aliphatic heterocycles. The van der Waals surface area contributed by atoms with E-state index in [0.29, 0.717) is 24.7 Å². The van der Waals surface area contributed by atoms with E-state index in [2.05, 4.69) is 4.72 Å². The number of nitrogens with zero attached hydrogens (tertiary/aromatic N) is 1. The van der Waals surface area contributed by atoms with Crippen LogP contribution in [-0.2, 0) is 31.2 Å². The molecule has 1 saturated heterocycles. The molecule has 1 aliphatic rings. The molecule has 0 spiro atoms. The summed E-state index contributed by atoms with van der Waals surface area (Å²) in [7, 11) is -7.38. The van der Waals surface area contributed by atoms with Crippen LogP contribution in [0.25, 0.3) is 0 Å². The molecule has 0 unspecified atom stereocenters. The zero-order chi connectivity index (χ0) is 20.2. The van der Waals surface area contributed by atoms with Crippen molar-refractivity contribution in [3.8, 4) is 0 Å². The molecule has 0 aromatic heterocycles. The Labute approximate surface area is 170 Å². The van der Waals surface area contributed by atoms with Crippen molar-refractivity contribution in [1.29, 1.82) is 0 Å². The number of hydrogen-bond acceptors (Lipinski definition) is 5. The second-order valence-corrected chi connectivity index (χ2v) is 10.4. The van der Waals surface area contributed by atoms with Gasteiger partial charge in [0.1, 0.15) is 0 Å². The summed E-state index contributed by atoms with van der Waals surface area (Å²) in [6, 6.07) is 12.4. The third kappa shape index (κ3) is 5.11. The lowest BCUT2D eigenvalue weighted by Gasteiger charge is -2.26. The van der Waals surface area contributed by atoms with Crippen molar-refractivity contribution in [3.05, 3.63) is 59.1 Å². The van der Waals surface area contributed by atoms with Gasteiger partial charge in [-0.25, -0.2) is 21.6 Å². The molecule has 0 saturated carbocycles. The standard InChI is InChI=1S/C18H21ClN2O5S2/c19-16-3-1-15(2-4-16)9-10-20-27(22,23)17-5-7-18(8-6-17)28(24,25)21-11-13-26-14-12-21/h1-8,20H,9-14H2. The third-order valence-corrected chi connectivity index (χ3v) is 8.00. The SMILES string of the molecule is O=S(=O)(NCCc1ccc(Cl)cc1)c1ccc(S(=O)(=O)N2CCOCC2)cc1. The average Bonchev–Trinajstić information content (AvgIpc) is 2.70. The number of rotatable bonds is 7. The van der Waals surface area contributed by atoms with Crippen LogP contribution >= 0.6 is 11.6 Å². The van der Waals surface area contributed by atoms with Crippen molar-refractivity contribution in [2.45, 2.75) is 16.2 Å². The maximum absolute atomic E-state index is 12.6. The van der Waals surface area contributed by atoms with Gasteiger partial charge in [-0.1, -0.05) is 23.7 Å². The number of ether oxygens (including phenoxy) is 1. The molecule has 3 rings (SSSR count). The van der Waals surface area contributed by atoms with Crippen LogP contribution in [0, 0.1) is 0 Å². The van der Waals surface area contributed by atoms with Gasteiger partial charge in [-0.05, 0) is 48.4 Å². The van der Waals surface area contributed by atoms with E-state index in [1.165, 1.54) is 28.6 Å². The maximum atomic E-state index is 12.6. The molecule has 0 aliphatic carbocycles. The number of nitrogens with one attached hydrogen (secondary N) is 1. The minimum Gasteiger partial charge on any atom is -0.379 e. The Morgan fingerprint density at radius 2 is 1.46 bits per heavy atom. The van der Waals surface area contributed by atoms with Crippen LogP contribution < -0.4 is 4.72 Å². The summed E-state index contributed by atoms with van der Waals surface area (Å²) in [4.78, 5) is 0.0825. The topological polar surface area (TPSA) is 92.8 Å². The molecule has 1 N–H and O–H groups in total. The van der Waals surface area contributed by atoms with Crippen molar-refractivity contribution in [1.82, 2.24) is 9.03 Å². The maximum Gasteiger partial charge on any atom is 0.243 e. The largest absolute Gasteiger partial charge is 0.379 e. The van der Waals surface area contributed by atoms with E-state index in [4.69, 9.17) is 16.3 Å². The molecule has 0 radical (unpaired) electrons. The van der Waals surface area contributed by atoms with Gasteiger partial charge in [-0.15, -0.1) is 0 Å². The van der Waals surface area contributed by atoms with E-state index in [1.807, 2.05) is 12.1 Å². The van der Waals surface area contributed by atoms with Crippen molar-refractivity contribution in [2.24, 2.45) is 0 Å². The summed E-state index contributed by atoms with van der Waals surface area (Å²) in [5.41, 5.74) is 0.957. The summed E-state index contributed by atoms with van der Waals surface area (Å²) in [5.74, 6) is 0. The first-order valence-electron chi connectivity index (χ1n) is 8.71. The van der Waals surface area contributed by atoms with Crippen molar-refractivity contribution >= 4 is 31.6 Å². The number of sulfonamides is 2. The first-order valence-corrected chi connectivity index (χ1v) is 12.0. The lowest BCUT2D eigenvalue weighted by Crippen LogP contribution is -2.40. The highest BCUT2D eigenvalue weighted by molar-refractivity contribution is 7.89. The molecule has 28 heavy (non-hydrogen) atoms. The van der Waals surface area contributed by atoms with Crippen LogP contribution in [-0.4, -0.2) is 54.0 Å². The molecule has 0 atom stereocenters. The molecule has 1 heterocycles. The van der Waals surface area contributed by atoms with Crippen LogP contribution in [0.5, 0.6) is 0 Å². The fourth-order valence-corrected chi connectivity index (χ4v) is 5.36. The Hall–Kier alpha value is -1.49. The van der Waals surface area contributed by atoms with Gasteiger partial charge in [0.25, 0.3) is 0 Å². The third-order valence-electron chi connectivity index (χ3n) is 4.36. The summed E-state index contributed by atoms with van der Waals surface area (Å²) < 4.78 is 59.1. The molecule has 1 fully saturated rings. The smallest absolute Gasteiger partial charge is 0.243 e. The van der Waals surface area contributed by atoms with E-state index in [1.54, 1.807) is 12.1 Å². The van der Waals surface area contributed by atoms with Crippen molar-refractivity contribution in [3.63, 3.8) is 0 Å². The Bertz CT molecular complexity index is 1000. The molecule has 0 amide bonds. The highest BCUT2D eigenvalue weighted by Gasteiger charge is 2.26. The highest BCUT2D eigenvalue weighted by atomic mass is 35.5. The zero-order valence-electron chi connectivity index (χ0n) is 15.0. The minimum atomic E-state index is -3.73. The van der Waals surface area contributed by atoms with Gasteiger partial charge < -0.3 is 4.74 Å². The van der Waals surface area contributed by atoms with Gasteiger partial charge in [0.2, 0.25) is 20.0 Å². The molecule has 152 valence electrons. The average molecular weight is 445 g/mol. The van der Waals surface area contributed by atoms with Crippen LogP contribution in [0.4, 0.5) is 0 Å². The molecular formula is C18H21ClN2O5S2. The van der Waals surface area contributed by atoms with Gasteiger partial charge in [0, 0.05) is 24.7 Å². The second kappa shape index (κ2) is 8.89. The fourth-order valence-electron chi connectivity index (χ4n) is 2.79. The second-order valence-electron chi connectivity index (χ2n) is 6.26. The predicted octanol–water partition coefficient (Wildman–Crippen LogP) is 1.88. The van der Waals surface area contributed by atoms with Gasteiger partial charge in [0.15, 0.2) is 0 Å². The van der Waals surface area contributed by atoms with E-state index >= 15 is 0 Å². The monoisotopic (exact) mass is 444 g/mol. The number of morpholine rings is 1. The predicted molar refractivity (Wildman–Crippen MR) is 106 cm³/mol. The summed E-state index contributed by atoms with van der Waals surface area (Å²) in [6.45, 7) is 1.49. The Kier molecular flexibility index (Phi) is 6.74. The van der Waals surface area contributed by atoms with Crippen LogP contribution in [0.3, 0.4) is 0 Å². The summed E-state index contributed by atoms with van der Waals surface area (Å²) in [5, 5.41) is 0.622. The zero-order valence-corrected chi connectivity index (χ0v) is 17.4. The van der Waals surface area contributed by atoms with E-state index in [9.17, 15) is 16.8 Å². The Morgan fingerprint density at radius 3 is 2.07 bits per heavy atom. The Morgan fingerprint density at radius 1 is 0.893 bits per heavy atom. The molecule has 2 aromatic carbocycles. The minimum absolute atomic E-state index is 0.0181. The highest BCUT2D eigenvalue weighted by Crippen LogP contribution is 2.19. The van der Waals surface area contributed by atoms with Crippen LogP contribution in [0.1, 0.15) is 5.56 Å². The van der Waals surface area contributed by atoms with E-state index in [0.717, 1.165) is 5.56 Å². The quantitative estimate of drug-likeness (QED) is 0.703. The lowest BCUT2D eigenvalue weighted by molar-refractivity contribution is 0.0730. The fraction of sp³-hybridized carbons (Fsp3) is 0.333. The molecule has 0 bridgehead atoms. The van der Waals surface area contributed by atoms with Crippen LogP contribution in [0.15, 0.2) is 58.3 Å². The molecular weight excluding hydrogens is 424 g/mol. The van der Waals surface area contributed by atoms with Gasteiger partial charge in [-0.2, -0.15) is 4.31 Å². The Balaban J connectivity index is 1.65. The molecule has 2 aromatic rings. The first kappa shape index (κ1) is 21.2. The number of halogens is 1. The normalized spacial score (nSPS) is 16.2. The summed E-state index contributed by atoms with van der Waals surface area (Å²) in [6.07, 6.45) is 0.514. The van der Waals surface area contributed by atoms with E-state index < -0.39 is 20.0 Å². The van der Waals surface area contributed by atoms with Gasteiger partial charge in [0.05, 0.1) is 23.0 Å².